The number of fused-ring (bicyclic) bond motifs is 1. The normalized spacial score (nSPS) is 24.5. The van der Waals surface area contributed by atoms with Gasteiger partial charge in [0.1, 0.15) is 5.52 Å². The highest BCUT2D eigenvalue weighted by Gasteiger charge is 2.30. The zero-order valence-electron chi connectivity index (χ0n) is 9.84. The van der Waals surface area contributed by atoms with E-state index in [1.807, 2.05) is 24.0 Å². The van der Waals surface area contributed by atoms with E-state index in [0.717, 1.165) is 11.0 Å². The predicted molar refractivity (Wildman–Crippen MR) is 72.1 cm³/mol. The lowest BCUT2D eigenvalue weighted by molar-refractivity contribution is 0.549. The number of rotatable bonds is 2. The van der Waals surface area contributed by atoms with E-state index in [2.05, 4.69) is 20.8 Å². The Morgan fingerprint density at radius 1 is 1.47 bits per heavy atom. The smallest absolute Gasteiger partial charge is 0.201 e. The van der Waals surface area contributed by atoms with Gasteiger partial charge in [0.25, 0.3) is 0 Å². The van der Waals surface area contributed by atoms with Crippen molar-refractivity contribution < 1.29 is 0 Å². The topological polar surface area (TPSA) is 56.7 Å². The molecule has 5 heteroatoms. The molecule has 0 radical (unpaired) electrons. The van der Waals surface area contributed by atoms with Crippen molar-refractivity contribution in [3.63, 3.8) is 0 Å². The Bertz CT molecular complexity index is 536. The summed E-state index contributed by atoms with van der Waals surface area (Å²) in [7, 11) is 0. The van der Waals surface area contributed by atoms with Gasteiger partial charge < -0.3 is 10.3 Å². The highest BCUT2D eigenvalue weighted by Crippen LogP contribution is 2.40. The van der Waals surface area contributed by atoms with Crippen LogP contribution in [-0.2, 0) is 0 Å². The quantitative estimate of drug-likeness (QED) is 0.887. The van der Waals surface area contributed by atoms with Gasteiger partial charge in [-0.05, 0) is 25.2 Å². The van der Waals surface area contributed by atoms with Crippen LogP contribution in [0.5, 0.6) is 0 Å². The SMILES string of the molecule is CSC1CCCC1n1c(N)nc2cnccc21. The molecular weight excluding hydrogens is 232 g/mol. The summed E-state index contributed by atoms with van der Waals surface area (Å²) in [6, 6.07) is 2.49. The number of pyridine rings is 1. The summed E-state index contributed by atoms with van der Waals surface area (Å²) in [5, 5.41) is 0.655. The van der Waals surface area contributed by atoms with E-state index < -0.39 is 0 Å². The lowest BCUT2D eigenvalue weighted by Crippen LogP contribution is -2.17. The third-order valence-corrected chi connectivity index (χ3v) is 4.73. The lowest BCUT2D eigenvalue weighted by atomic mass is 10.2. The first-order chi connectivity index (χ1) is 8.31. The minimum absolute atomic E-state index is 0.484. The standard InChI is InChI=1S/C12H16N4S/c1-17-11-4-2-3-10(11)16-9-5-6-14-7-8(9)15-12(16)13/h5-7,10-11H,2-4H2,1H3,(H2,13,15). The first kappa shape index (κ1) is 10.9. The average Bonchev–Trinajstić information content (AvgIpc) is 2.90. The molecule has 2 aromatic rings. The maximum absolute atomic E-state index is 6.06. The fourth-order valence-corrected chi connectivity index (χ4v) is 3.77. The fourth-order valence-electron chi connectivity index (χ4n) is 2.79. The van der Waals surface area contributed by atoms with Crippen LogP contribution in [0.2, 0.25) is 0 Å². The first-order valence-corrected chi connectivity index (χ1v) is 7.20. The van der Waals surface area contributed by atoms with Gasteiger partial charge in [0.15, 0.2) is 0 Å². The van der Waals surface area contributed by atoms with E-state index >= 15 is 0 Å². The lowest BCUT2D eigenvalue weighted by Gasteiger charge is -2.21. The first-order valence-electron chi connectivity index (χ1n) is 5.91. The Labute approximate surface area is 105 Å². The molecule has 0 spiro atoms. The molecule has 2 N–H and O–H groups in total. The molecule has 90 valence electrons. The molecule has 0 amide bonds. The molecule has 2 aromatic heterocycles. The maximum Gasteiger partial charge on any atom is 0.201 e. The summed E-state index contributed by atoms with van der Waals surface area (Å²) in [6.45, 7) is 0. The molecule has 17 heavy (non-hydrogen) atoms. The van der Waals surface area contributed by atoms with Crippen LogP contribution < -0.4 is 5.73 Å². The molecule has 2 heterocycles. The molecule has 3 rings (SSSR count). The Kier molecular flexibility index (Phi) is 2.70. The van der Waals surface area contributed by atoms with E-state index in [-0.39, 0.29) is 0 Å². The number of hydrogen-bond donors (Lipinski definition) is 1. The van der Waals surface area contributed by atoms with Crippen LogP contribution in [0.3, 0.4) is 0 Å². The van der Waals surface area contributed by atoms with Gasteiger partial charge in [0.05, 0.1) is 11.7 Å². The monoisotopic (exact) mass is 248 g/mol. The predicted octanol–water partition coefficient (Wildman–Crippen LogP) is 2.47. The van der Waals surface area contributed by atoms with Gasteiger partial charge in [-0.25, -0.2) is 4.98 Å². The molecule has 2 unspecified atom stereocenters. The Balaban J connectivity index is 2.13. The molecule has 0 bridgehead atoms. The van der Waals surface area contributed by atoms with Crippen molar-refractivity contribution in [2.75, 3.05) is 12.0 Å². The summed E-state index contributed by atoms with van der Waals surface area (Å²) >= 11 is 1.94. The highest BCUT2D eigenvalue weighted by molar-refractivity contribution is 7.99. The van der Waals surface area contributed by atoms with Gasteiger partial charge in [-0.15, -0.1) is 0 Å². The van der Waals surface area contributed by atoms with E-state index in [1.54, 1.807) is 6.20 Å². The van der Waals surface area contributed by atoms with Crippen LogP contribution in [0.4, 0.5) is 5.95 Å². The number of thioether (sulfide) groups is 1. The van der Waals surface area contributed by atoms with Crippen molar-refractivity contribution in [1.29, 1.82) is 0 Å². The number of imidazole rings is 1. The van der Waals surface area contributed by atoms with Gasteiger partial charge in [-0.1, -0.05) is 6.42 Å². The number of nitrogen functional groups attached to an aromatic ring is 1. The molecule has 1 aliphatic carbocycles. The number of anilines is 1. The average molecular weight is 248 g/mol. The van der Waals surface area contributed by atoms with Gasteiger partial charge >= 0.3 is 0 Å². The van der Waals surface area contributed by atoms with Crippen molar-refractivity contribution >= 4 is 28.7 Å². The third kappa shape index (κ3) is 1.69. The van der Waals surface area contributed by atoms with E-state index in [4.69, 9.17) is 5.73 Å². The molecule has 1 saturated carbocycles. The Morgan fingerprint density at radius 3 is 3.18 bits per heavy atom. The summed E-state index contributed by atoms with van der Waals surface area (Å²) in [4.78, 5) is 8.49. The summed E-state index contributed by atoms with van der Waals surface area (Å²) in [5.41, 5.74) is 8.08. The summed E-state index contributed by atoms with van der Waals surface area (Å²) in [6.07, 6.45) is 9.52. The Hall–Kier alpha value is -1.23. The van der Waals surface area contributed by atoms with Crippen LogP contribution in [0.25, 0.3) is 11.0 Å². The van der Waals surface area contributed by atoms with Crippen LogP contribution in [0, 0.1) is 0 Å². The number of nitrogens with two attached hydrogens (primary N) is 1. The van der Waals surface area contributed by atoms with Crippen molar-refractivity contribution in [2.45, 2.75) is 30.6 Å². The van der Waals surface area contributed by atoms with Gasteiger partial charge in [0.2, 0.25) is 5.95 Å². The van der Waals surface area contributed by atoms with Gasteiger partial charge in [-0.2, -0.15) is 11.8 Å². The molecule has 1 aliphatic rings. The van der Waals surface area contributed by atoms with E-state index in [0.29, 0.717) is 17.2 Å². The van der Waals surface area contributed by atoms with Crippen molar-refractivity contribution in [2.24, 2.45) is 0 Å². The number of nitrogens with zero attached hydrogens (tertiary/aromatic N) is 3. The molecule has 0 saturated heterocycles. The molecule has 0 aliphatic heterocycles. The van der Waals surface area contributed by atoms with Crippen LogP contribution in [0.15, 0.2) is 18.5 Å². The second-order valence-corrected chi connectivity index (χ2v) is 5.55. The number of aromatic nitrogens is 3. The summed E-state index contributed by atoms with van der Waals surface area (Å²) in [5.74, 6) is 0.624. The van der Waals surface area contributed by atoms with Crippen LogP contribution in [-0.4, -0.2) is 26.0 Å². The zero-order chi connectivity index (χ0) is 11.8. The molecule has 1 fully saturated rings. The van der Waals surface area contributed by atoms with Crippen molar-refractivity contribution in [3.8, 4) is 0 Å². The minimum atomic E-state index is 0.484. The van der Waals surface area contributed by atoms with Crippen LogP contribution in [0.1, 0.15) is 25.3 Å². The molecule has 4 nitrogen and oxygen atoms in total. The Morgan fingerprint density at radius 2 is 2.35 bits per heavy atom. The molecule has 2 atom stereocenters. The van der Waals surface area contributed by atoms with Gasteiger partial charge in [-0.3, -0.25) is 4.98 Å². The van der Waals surface area contributed by atoms with Crippen LogP contribution >= 0.6 is 11.8 Å². The van der Waals surface area contributed by atoms with E-state index in [9.17, 15) is 0 Å². The van der Waals surface area contributed by atoms with Crippen molar-refractivity contribution in [3.05, 3.63) is 18.5 Å². The maximum atomic E-state index is 6.06. The molecule has 0 aromatic carbocycles. The van der Waals surface area contributed by atoms with E-state index in [1.165, 1.54) is 19.3 Å². The zero-order valence-corrected chi connectivity index (χ0v) is 10.7. The van der Waals surface area contributed by atoms with Gasteiger partial charge in [0, 0.05) is 17.5 Å². The minimum Gasteiger partial charge on any atom is -0.369 e. The number of hydrogen-bond acceptors (Lipinski definition) is 4. The highest BCUT2D eigenvalue weighted by atomic mass is 32.2. The molecular formula is C12H16N4S. The second-order valence-electron chi connectivity index (χ2n) is 4.48. The van der Waals surface area contributed by atoms with Crippen molar-refractivity contribution in [1.82, 2.24) is 14.5 Å². The largest absolute Gasteiger partial charge is 0.369 e. The fraction of sp³-hybridized carbons (Fsp3) is 0.500. The third-order valence-electron chi connectivity index (χ3n) is 3.57. The summed E-state index contributed by atoms with van der Waals surface area (Å²) < 4.78 is 2.20. The second kappa shape index (κ2) is 4.22.